The summed E-state index contributed by atoms with van der Waals surface area (Å²) in [6.07, 6.45) is 1.55. The van der Waals surface area contributed by atoms with Gasteiger partial charge in [0.25, 0.3) is 0 Å². The molecule has 1 unspecified atom stereocenters. The van der Waals surface area contributed by atoms with E-state index in [4.69, 9.17) is 5.73 Å². The number of fused-ring (bicyclic) bond motifs is 1. The van der Waals surface area contributed by atoms with Crippen molar-refractivity contribution in [2.45, 2.75) is 39.7 Å². The summed E-state index contributed by atoms with van der Waals surface area (Å²) >= 11 is 0. The highest BCUT2D eigenvalue weighted by molar-refractivity contribution is 7.91. The molecule has 0 bridgehead atoms. The highest BCUT2D eigenvalue weighted by atomic mass is 32.2. The Morgan fingerprint density at radius 3 is 2.62 bits per heavy atom. The van der Waals surface area contributed by atoms with E-state index in [1.165, 1.54) is 0 Å². The van der Waals surface area contributed by atoms with E-state index in [9.17, 15) is 8.42 Å². The first-order valence-electron chi connectivity index (χ1n) is 7.12. The topological polar surface area (TPSA) is 90.9 Å². The molecule has 0 amide bonds. The number of hydrogen-bond acceptors (Lipinski definition) is 5. The van der Waals surface area contributed by atoms with Gasteiger partial charge in [-0.25, -0.2) is 18.4 Å². The van der Waals surface area contributed by atoms with Gasteiger partial charge in [0, 0.05) is 11.7 Å². The van der Waals surface area contributed by atoms with Crippen molar-refractivity contribution < 1.29 is 8.42 Å². The third-order valence-electron chi connectivity index (χ3n) is 4.34. The largest absolute Gasteiger partial charge is 0.383 e. The van der Waals surface area contributed by atoms with Gasteiger partial charge in [-0.2, -0.15) is 0 Å². The van der Waals surface area contributed by atoms with Gasteiger partial charge < -0.3 is 10.3 Å². The Balaban J connectivity index is 2.25. The minimum atomic E-state index is -2.97. The molecule has 114 valence electrons. The number of rotatable bonds is 1. The first-order valence-corrected chi connectivity index (χ1v) is 8.94. The van der Waals surface area contributed by atoms with E-state index < -0.39 is 9.84 Å². The number of aryl methyl sites for hydroxylation is 2. The van der Waals surface area contributed by atoms with Crippen LogP contribution in [0.2, 0.25) is 0 Å². The fraction of sp³-hybridized carbons (Fsp3) is 0.571. The fourth-order valence-electron chi connectivity index (χ4n) is 3.28. The summed E-state index contributed by atoms with van der Waals surface area (Å²) < 4.78 is 26.0. The molecule has 2 aromatic rings. The summed E-state index contributed by atoms with van der Waals surface area (Å²) in [6.45, 7) is 5.78. The molecule has 0 aromatic carbocycles. The molecule has 1 saturated heterocycles. The maximum absolute atomic E-state index is 12.0. The number of aromatic nitrogens is 3. The molecule has 3 heterocycles. The third-order valence-corrected chi connectivity index (χ3v) is 6.14. The molecule has 0 radical (unpaired) electrons. The second-order valence-corrected chi connectivity index (χ2v) is 8.07. The fourth-order valence-corrected chi connectivity index (χ4v) is 4.96. The highest BCUT2D eigenvalue weighted by Gasteiger charge is 2.29. The molecule has 6 nitrogen and oxygen atoms in total. The summed E-state index contributed by atoms with van der Waals surface area (Å²) in [5.41, 5.74) is 8.86. The second-order valence-electron chi connectivity index (χ2n) is 5.85. The number of nitrogen functional groups attached to an aromatic ring is 1. The summed E-state index contributed by atoms with van der Waals surface area (Å²) in [6, 6.07) is -0.0614. The van der Waals surface area contributed by atoms with Crippen LogP contribution in [0.4, 0.5) is 5.82 Å². The zero-order chi connectivity index (χ0) is 15.4. The maximum Gasteiger partial charge on any atom is 0.152 e. The Kier molecular flexibility index (Phi) is 3.20. The number of nitrogens with zero attached hydrogens (tertiary/aromatic N) is 3. The van der Waals surface area contributed by atoms with Gasteiger partial charge in [-0.3, -0.25) is 0 Å². The van der Waals surface area contributed by atoms with E-state index in [0.717, 1.165) is 28.7 Å². The van der Waals surface area contributed by atoms with E-state index in [-0.39, 0.29) is 17.5 Å². The molecule has 0 spiro atoms. The van der Waals surface area contributed by atoms with E-state index in [0.29, 0.717) is 18.1 Å². The van der Waals surface area contributed by atoms with E-state index >= 15 is 0 Å². The van der Waals surface area contributed by atoms with Crippen molar-refractivity contribution >= 4 is 26.7 Å². The summed E-state index contributed by atoms with van der Waals surface area (Å²) in [4.78, 5) is 8.74. The molecule has 1 atom stereocenters. The third kappa shape index (κ3) is 2.29. The molecule has 21 heavy (non-hydrogen) atoms. The van der Waals surface area contributed by atoms with Gasteiger partial charge in [-0.1, -0.05) is 0 Å². The quantitative estimate of drug-likeness (QED) is 0.865. The van der Waals surface area contributed by atoms with Crippen LogP contribution in [-0.4, -0.2) is 34.5 Å². The molecule has 1 fully saturated rings. The van der Waals surface area contributed by atoms with Crippen molar-refractivity contribution in [1.82, 2.24) is 14.5 Å². The van der Waals surface area contributed by atoms with Gasteiger partial charge in [0.2, 0.25) is 0 Å². The lowest BCUT2D eigenvalue weighted by Crippen LogP contribution is -2.28. The van der Waals surface area contributed by atoms with Gasteiger partial charge >= 0.3 is 0 Å². The zero-order valence-corrected chi connectivity index (χ0v) is 13.4. The average Bonchev–Trinajstić information content (AvgIpc) is 2.60. The van der Waals surface area contributed by atoms with Crippen LogP contribution >= 0.6 is 0 Å². The SMILES string of the molecule is Cc1nc(N)c2c(C)c(C)n(C3CCCS(=O)(=O)C3)c2n1. The van der Waals surface area contributed by atoms with Crippen molar-refractivity contribution in [3.8, 4) is 0 Å². The minimum absolute atomic E-state index is 0.0614. The maximum atomic E-state index is 12.0. The number of hydrogen-bond donors (Lipinski definition) is 1. The Hall–Kier alpha value is -1.63. The van der Waals surface area contributed by atoms with Crippen LogP contribution in [0.3, 0.4) is 0 Å². The number of anilines is 1. The standard InChI is InChI=1S/C14H20N4O2S/c1-8-9(2)18(11-5-4-6-21(19,20)7-11)14-12(8)13(15)16-10(3)17-14/h11H,4-7H2,1-3H3,(H2,15,16,17). The van der Waals surface area contributed by atoms with Crippen LogP contribution in [0.5, 0.6) is 0 Å². The summed E-state index contributed by atoms with van der Waals surface area (Å²) in [5, 5.41) is 0.848. The van der Waals surface area contributed by atoms with Gasteiger partial charge in [0.1, 0.15) is 17.3 Å². The molecular formula is C14H20N4O2S. The van der Waals surface area contributed by atoms with Crippen LogP contribution in [0, 0.1) is 20.8 Å². The van der Waals surface area contributed by atoms with Crippen LogP contribution < -0.4 is 5.73 Å². The Bertz CT molecular complexity index is 823. The first-order chi connectivity index (χ1) is 9.80. The zero-order valence-electron chi connectivity index (χ0n) is 12.5. The lowest BCUT2D eigenvalue weighted by atomic mass is 10.1. The number of nitrogens with two attached hydrogens (primary N) is 1. The first kappa shape index (κ1) is 14.3. The lowest BCUT2D eigenvalue weighted by molar-refractivity contribution is 0.472. The molecule has 2 aromatic heterocycles. The molecule has 0 saturated carbocycles. The second kappa shape index (κ2) is 4.69. The summed E-state index contributed by atoms with van der Waals surface area (Å²) in [5.74, 6) is 1.55. The molecule has 1 aliphatic rings. The molecule has 0 aliphatic carbocycles. The normalized spacial score (nSPS) is 21.8. The molecule has 1 aliphatic heterocycles. The predicted molar refractivity (Wildman–Crippen MR) is 83.1 cm³/mol. The van der Waals surface area contributed by atoms with Crippen LogP contribution in [-0.2, 0) is 9.84 Å². The van der Waals surface area contributed by atoms with Crippen LogP contribution in [0.25, 0.3) is 11.0 Å². The van der Waals surface area contributed by atoms with Crippen LogP contribution in [0.15, 0.2) is 0 Å². The molecule has 7 heteroatoms. The highest BCUT2D eigenvalue weighted by Crippen LogP contribution is 2.34. The molecule has 3 rings (SSSR count). The van der Waals surface area contributed by atoms with E-state index in [1.54, 1.807) is 6.92 Å². The van der Waals surface area contributed by atoms with Crippen molar-refractivity contribution in [1.29, 1.82) is 0 Å². The Morgan fingerprint density at radius 2 is 1.95 bits per heavy atom. The van der Waals surface area contributed by atoms with Crippen molar-refractivity contribution in [3.63, 3.8) is 0 Å². The predicted octanol–water partition coefficient (Wildman–Crippen LogP) is 1.69. The number of sulfone groups is 1. The average molecular weight is 308 g/mol. The lowest BCUT2D eigenvalue weighted by Gasteiger charge is -2.25. The van der Waals surface area contributed by atoms with Gasteiger partial charge in [0.15, 0.2) is 9.84 Å². The summed E-state index contributed by atoms with van der Waals surface area (Å²) in [7, 11) is -2.97. The van der Waals surface area contributed by atoms with Crippen LogP contribution in [0.1, 0.15) is 36.0 Å². The van der Waals surface area contributed by atoms with Crippen molar-refractivity contribution in [3.05, 3.63) is 17.1 Å². The van der Waals surface area contributed by atoms with E-state index in [2.05, 4.69) is 9.97 Å². The molecular weight excluding hydrogens is 288 g/mol. The van der Waals surface area contributed by atoms with Gasteiger partial charge in [-0.05, 0) is 39.2 Å². The molecule has 2 N–H and O–H groups in total. The van der Waals surface area contributed by atoms with Gasteiger partial charge in [-0.15, -0.1) is 0 Å². The monoisotopic (exact) mass is 308 g/mol. The Morgan fingerprint density at radius 1 is 1.24 bits per heavy atom. The van der Waals surface area contributed by atoms with Crippen molar-refractivity contribution in [2.24, 2.45) is 0 Å². The smallest absolute Gasteiger partial charge is 0.152 e. The Labute approximate surface area is 124 Å². The van der Waals surface area contributed by atoms with E-state index in [1.807, 2.05) is 18.4 Å². The minimum Gasteiger partial charge on any atom is -0.383 e. The van der Waals surface area contributed by atoms with Gasteiger partial charge in [0.05, 0.1) is 16.9 Å². The van der Waals surface area contributed by atoms with Crippen molar-refractivity contribution in [2.75, 3.05) is 17.2 Å².